The molecule has 0 atom stereocenters. The van der Waals surface area contributed by atoms with E-state index < -0.39 is 45.1 Å². The molecular weight excluding hydrogens is 322 g/mol. The standard InChI is InChI=1S/C10H11F4NO3S2/c11-8-2-1-7(6-16)9(5-8)20(17,18)15-3-4-19-10(12,13)14/h1-2,5,15-16H,3-4,6H2. The van der Waals surface area contributed by atoms with Gasteiger partial charge in [-0.1, -0.05) is 6.07 Å². The molecule has 0 unspecified atom stereocenters. The van der Waals surface area contributed by atoms with Crippen molar-refractivity contribution in [3.05, 3.63) is 29.6 Å². The van der Waals surface area contributed by atoms with Crippen LogP contribution in [0.5, 0.6) is 0 Å². The molecule has 0 aromatic heterocycles. The molecule has 0 bridgehead atoms. The molecule has 10 heteroatoms. The predicted molar refractivity (Wildman–Crippen MR) is 66.0 cm³/mol. The number of aliphatic hydroxyl groups is 1. The number of thioether (sulfide) groups is 1. The first-order valence-electron chi connectivity index (χ1n) is 5.25. The van der Waals surface area contributed by atoms with Gasteiger partial charge in [0.25, 0.3) is 0 Å². The van der Waals surface area contributed by atoms with Crippen LogP contribution in [0.15, 0.2) is 23.1 Å². The zero-order valence-corrected chi connectivity index (χ0v) is 11.6. The number of halogens is 4. The van der Waals surface area contributed by atoms with E-state index in [1.165, 1.54) is 0 Å². The second-order valence-corrected chi connectivity index (χ2v) is 6.50. The third-order valence-corrected chi connectivity index (χ3v) is 4.43. The lowest BCUT2D eigenvalue weighted by Crippen LogP contribution is -2.27. The molecule has 20 heavy (non-hydrogen) atoms. The summed E-state index contributed by atoms with van der Waals surface area (Å²) in [6.45, 7) is -1.10. The van der Waals surface area contributed by atoms with Gasteiger partial charge in [0, 0.05) is 12.3 Å². The minimum atomic E-state index is -4.44. The Morgan fingerprint density at radius 2 is 1.95 bits per heavy atom. The number of hydrogen-bond acceptors (Lipinski definition) is 4. The molecule has 0 spiro atoms. The molecule has 0 aliphatic heterocycles. The van der Waals surface area contributed by atoms with Gasteiger partial charge >= 0.3 is 5.51 Å². The molecule has 0 aliphatic carbocycles. The summed E-state index contributed by atoms with van der Waals surface area (Å²) in [5.41, 5.74) is -4.48. The monoisotopic (exact) mass is 333 g/mol. The van der Waals surface area contributed by atoms with Crippen LogP contribution in [-0.4, -0.2) is 31.3 Å². The van der Waals surface area contributed by atoms with Gasteiger partial charge in [-0.2, -0.15) is 13.2 Å². The minimum absolute atomic E-state index is 0.0395. The normalized spacial score (nSPS) is 12.7. The summed E-state index contributed by atoms with van der Waals surface area (Å²) in [4.78, 5) is -0.489. The van der Waals surface area contributed by atoms with Gasteiger partial charge in [0.15, 0.2) is 0 Å². The molecule has 4 nitrogen and oxygen atoms in total. The summed E-state index contributed by atoms with van der Waals surface area (Å²) in [5.74, 6) is -1.33. The molecule has 1 rings (SSSR count). The van der Waals surface area contributed by atoms with Crippen molar-refractivity contribution in [2.24, 2.45) is 0 Å². The Balaban J connectivity index is 2.77. The largest absolute Gasteiger partial charge is 0.441 e. The lowest BCUT2D eigenvalue weighted by atomic mass is 10.2. The molecule has 1 aromatic carbocycles. The number of aliphatic hydroxyl groups excluding tert-OH is 1. The van der Waals surface area contributed by atoms with E-state index in [2.05, 4.69) is 0 Å². The number of hydrogen-bond donors (Lipinski definition) is 2. The maximum Gasteiger partial charge on any atom is 0.441 e. The van der Waals surface area contributed by atoms with Crippen molar-refractivity contribution >= 4 is 21.8 Å². The Kier molecular flexibility index (Phi) is 5.80. The van der Waals surface area contributed by atoms with Crippen molar-refractivity contribution < 1.29 is 31.1 Å². The lowest BCUT2D eigenvalue weighted by Gasteiger charge is -2.11. The number of alkyl halides is 3. The number of nitrogens with one attached hydrogen (secondary N) is 1. The van der Waals surface area contributed by atoms with Crippen LogP contribution in [-0.2, 0) is 16.6 Å². The van der Waals surface area contributed by atoms with Crippen molar-refractivity contribution in [3.63, 3.8) is 0 Å². The molecule has 0 saturated carbocycles. The van der Waals surface area contributed by atoms with E-state index in [1.54, 1.807) is 0 Å². The van der Waals surface area contributed by atoms with E-state index in [9.17, 15) is 26.0 Å². The molecule has 0 aliphatic rings. The van der Waals surface area contributed by atoms with Crippen molar-refractivity contribution in [1.82, 2.24) is 4.72 Å². The molecule has 0 amide bonds. The number of sulfonamides is 1. The maximum absolute atomic E-state index is 13.0. The first-order chi connectivity index (χ1) is 9.15. The van der Waals surface area contributed by atoms with Gasteiger partial charge in [0.1, 0.15) is 5.82 Å². The van der Waals surface area contributed by atoms with Crippen LogP contribution in [0, 0.1) is 5.82 Å². The van der Waals surface area contributed by atoms with E-state index in [4.69, 9.17) is 5.11 Å². The third kappa shape index (κ3) is 5.27. The Labute approximate surface area is 117 Å². The SMILES string of the molecule is O=S(=O)(NCCSC(F)(F)F)c1cc(F)ccc1CO. The molecule has 1 aromatic rings. The maximum atomic E-state index is 13.0. The average Bonchev–Trinajstić information content (AvgIpc) is 2.33. The zero-order valence-electron chi connectivity index (χ0n) is 9.95. The van der Waals surface area contributed by atoms with Crippen molar-refractivity contribution in [1.29, 1.82) is 0 Å². The Hall–Kier alpha value is -0.840. The topological polar surface area (TPSA) is 66.4 Å². The molecule has 114 valence electrons. The van der Waals surface area contributed by atoms with Gasteiger partial charge in [-0.05, 0) is 29.5 Å². The summed E-state index contributed by atoms with van der Waals surface area (Å²) in [6.07, 6.45) is 0. The summed E-state index contributed by atoms with van der Waals surface area (Å²) >= 11 is -0.368. The van der Waals surface area contributed by atoms with Gasteiger partial charge in [0.2, 0.25) is 10.0 Å². The van der Waals surface area contributed by atoms with Crippen molar-refractivity contribution in [3.8, 4) is 0 Å². The fourth-order valence-electron chi connectivity index (χ4n) is 1.33. The number of rotatable bonds is 6. The lowest BCUT2D eigenvalue weighted by molar-refractivity contribution is -0.0327. The van der Waals surface area contributed by atoms with Crippen LogP contribution >= 0.6 is 11.8 Å². The highest BCUT2D eigenvalue weighted by molar-refractivity contribution is 8.00. The fourth-order valence-corrected chi connectivity index (χ4v) is 3.17. The summed E-state index contributed by atoms with van der Waals surface area (Å²) < 4.78 is 74.2. The molecule has 0 heterocycles. The zero-order chi connectivity index (χ0) is 15.4. The quantitative estimate of drug-likeness (QED) is 0.616. The van der Waals surface area contributed by atoms with Gasteiger partial charge < -0.3 is 5.11 Å². The van der Waals surface area contributed by atoms with Gasteiger partial charge in [-0.25, -0.2) is 17.5 Å². The Morgan fingerprint density at radius 1 is 1.30 bits per heavy atom. The fraction of sp³-hybridized carbons (Fsp3) is 0.400. The van der Waals surface area contributed by atoms with Crippen molar-refractivity contribution in [2.75, 3.05) is 12.3 Å². The molecular formula is C10H11F4NO3S2. The van der Waals surface area contributed by atoms with Crippen molar-refractivity contribution in [2.45, 2.75) is 17.0 Å². The van der Waals surface area contributed by atoms with Gasteiger partial charge in [-0.3, -0.25) is 0 Å². The Morgan fingerprint density at radius 3 is 2.50 bits per heavy atom. The Bertz CT molecular complexity index is 560. The molecule has 2 N–H and O–H groups in total. The predicted octanol–water partition coefficient (Wildman–Crippen LogP) is 1.85. The second-order valence-electron chi connectivity index (χ2n) is 3.60. The second kappa shape index (κ2) is 6.74. The van der Waals surface area contributed by atoms with Crippen LogP contribution in [0.1, 0.15) is 5.56 Å². The van der Waals surface area contributed by atoms with Gasteiger partial charge in [0.05, 0.1) is 11.5 Å². The summed E-state index contributed by atoms with van der Waals surface area (Å²) in [6, 6.07) is 2.77. The van der Waals surface area contributed by atoms with Crippen LogP contribution in [0.25, 0.3) is 0 Å². The highest BCUT2D eigenvalue weighted by Gasteiger charge is 2.28. The number of benzene rings is 1. The van der Waals surface area contributed by atoms with E-state index in [0.717, 1.165) is 12.1 Å². The summed E-state index contributed by atoms with van der Waals surface area (Å²) in [7, 11) is -4.17. The van der Waals surface area contributed by atoms with Crippen LogP contribution in [0.2, 0.25) is 0 Å². The smallest absolute Gasteiger partial charge is 0.392 e. The van der Waals surface area contributed by atoms with E-state index in [1.807, 2.05) is 4.72 Å². The molecule has 0 radical (unpaired) electrons. The highest BCUT2D eigenvalue weighted by Crippen LogP contribution is 2.29. The first kappa shape index (κ1) is 17.2. The van der Waals surface area contributed by atoms with E-state index in [0.29, 0.717) is 6.07 Å². The minimum Gasteiger partial charge on any atom is -0.392 e. The van der Waals surface area contributed by atoms with Crippen LogP contribution in [0.4, 0.5) is 17.6 Å². The van der Waals surface area contributed by atoms with E-state index in [-0.39, 0.29) is 17.3 Å². The third-order valence-electron chi connectivity index (χ3n) is 2.15. The highest BCUT2D eigenvalue weighted by atomic mass is 32.2. The average molecular weight is 333 g/mol. The molecule has 0 saturated heterocycles. The molecule has 0 fully saturated rings. The summed E-state index contributed by atoms with van der Waals surface area (Å²) in [5, 5.41) is 8.98. The van der Waals surface area contributed by atoms with E-state index >= 15 is 0 Å². The van der Waals surface area contributed by atoms with Crippen LogP contribution in [0.3, 0.4) is 0 Å². The first-order valence-corrected chi connectivity index (χ1v) is 7.72. The van der Waals surface area contributed by atoms with Crippen LogP contribution < -0.4 is 4.72 Å². The van der Waals surface area contributed by atoms with Gasteiger partial charge in [-0.15, -0.1) is 0 Å².